The average molecular weight is 283 g/mol. The van der Waals surface area contributed by atoms with Crippen molar-refractivity contribution in [3.05, 3.63) is 29.3 Å². The van der Waals surface area contributed by atoms with Crippen LogP contribution in [-0.4, -0.2) is 30.3 Å². The van der Waals surface area contributed by atoms with Gasteiger partial charge in [0.2, 0.25) is 0 Å². The van der Waals surface area contributed by atoms with Gasteiger partial charge in [-0.3, -0.25) is 4.79 Å². The van der Waals surface area contributed by atoms with Crippen molar-refractivity contribution in [2.45, 2.75) is 6.18 Å². The molecule has 20 heavy (non-hydrogen) atoms. The average Bonchev–Trinajstić information content (AvgIpc) is 2.35. The van der Waals surface area contributed by atoms with E-state index in [4.69, 9.17) is 15.6 Å². The van der Waals surface area contributed by atoms with E-state index < -0.39 is 25.2 Å². The highest BCUT2D eigenvalue weighted by Gasteiger charge is 2.32. The van der Waals surface area contributed by atoms with Crippen LogP contribution in [0.3, 0.4) is 0 Å². The molecular weight excluding hydrogens is 275 g/mol. The van der Waals surface area contributed by atoms with Crippen molar-refractivity contribution in [3.8, 4) is 12.1 Å². The minimum absolute atomic E-state index is 0.0125. The number of aliphatic carboxylic acids is 1. The van der Waals surface area contributed by atoms with Gasteiger partial charge in [0.05, 0.1) is 11.1 Å². The smallest absolute Gasteiger partial charge is 0.405 e. The molecule has 1 aromatic rings. The molecule has 0 aliphatic rings. The largest absolute Gasteiger partial charge is 0.480 e. The number of nitriles is 2. The first kappa shape index (κ1) is 15.3. The Morgan fingerprint density at radius 2 is 1.85 bits per heavy atom. The van der Waals surface area contributed by atoms with Crippen molar-refractivity contribution in [2.75, 3.05) is 18.0 Å². The van der Waals surface area contributed by atoms with Crippen LogP contribution in [0.25, 0.3) is 0 Å². The van der Waals surface area contributed by atoms with Crippen LogP contribution in [0.1, 0.15) is 11.1 Å². The molecule has 0 radical (unpaired) electrons. The first-order chi connectivity index (χ1) is 9.26. The Balaban J connectivity index is 3.18. The fourth-order valence-electron chi connectivity index (χ4n) is 1.54. The number of carboxylic acid groups (broad SMARTS) is 1. The van der Waals surface area contributed by atoms with E-state index in [9.17, 15) is 18.0 Å². The van der Waals surface area contributed by atoms with Crippen LogP contribution in [0, 0.1) is 22.7 Å². The SMILES string of the molecule is N#Cc1ccc(N(CC(=O)O)CC(F)(F)F)cc1C#N. The third-order valence-corrected chi connectivity index (χ3v) is 2.31. The predicted molar refractivity (Wildman–Crippen MR) is 61.8 cm³/mol. The molecule has 1 aromatic carbocycles. The van der Waals surface area contributed by atoms with Crippen molar-refractivity contribution in [1.29, 1.82) is 10.5 Å². The van der Waals surface area contributed by atoms with Crippen molar-refractivity contribution in [2.24, 2.45) is 0 Å². The number of hydrogen-bond acceptors (Lipinski definition) is 4. The van der Waals surface area contributed by atoms with E-state index in [-0.39, 0.29) is 16.8 Å². The van der Waals surface area contributed by atoms with Gasteiger partial charge in [-0.25, -0.2) is 0 Å². The lowest BCUT2D eigenvalue weighted by molar-refractivity contribution is -0.136. The molecule has 1 N–H and O–H groups in total. The maximum atomic E-state index is 12.4. The lowest BCUT2D eigenvalue weighted by Gasteiger charge is -2.24. The lowest BCUT2D eigenvalue weighted by atomic mass is 10.1. The highest BCUT2D eigenvalue weighted by molar-refractivity contribution is 5.74. The lowest BCUT2D eigenvalue weighted by Crippen LogP contribution is -2.38. The van der Waals surface area contributed by atoms with Gasteiger partial charge in [0.15, 0.2) is 0 Å². The quantitative estimate of drug-likeness (QED) is 0.911. The standard InChI is InChI=1S/C12H8F3N3O2/c13-12(14,15)7-18(6-11(19)20)10-2-1-8(4-16)9(3-10)5-17/h1-3H,6-7H2,(H,19,20). The van der Waals surface area contributed by atoms with E-state index in [1.165, 1.54) is 12.1 Å². The van der Waals surface area contributed by atoms with Crippen molar-refractivity contribution in [1.82, 2.24) is 0 Å². The van der Waals surface area contributed by atoms with E-state index in [0.29, 0.717) is 4.90 Å². The molecule has 0 bridgehead atoms. The Hall–Kier alpha value is -2.74. The topological polar surface area (TPSA) is 88.1 Å². The normalized spacial score (nSPS) is 10.4. The zero-order valence-electron chi connectivity index (χ0n) is 9.98. The minimum Gasteiger partial charge on any atom is -0.480 e. The van der Waals surface area contributed by atoms with Gasteiger partial charge >= 0.3 is 12.1 Å². The van der Waals surface area contributed by atoms with Gasteiger partial charge in [0, 0.05) is 5.69 Å². The molecular formula is C12H8F3N3O2. The molecule has 0 aliphatic carbocycles. The zero-order chi connectivity index (χ0) is 15.3. The molecule has 1 rings (SSSR count). The molecule has 0 heterocycles. The molecule has 8 heteroatoms. The summed E-state index contributed by atoms with van der Waals surface area (Å²) in [6, 6.07) is 6.82. The Morgan fingerprint density at radius 3 is 2.30 bits per heavy atom. The summed E-state index contributed by atoms with van der Waals surface area (Å²) in [4.78, 5) is 11.2. The number of anilines is 1. The Morgan fingerprint density at radius 1 is 1.25 bits per heavy atom. The Kier molecular flexibility index (Phi) is 4.54. The van der Waals surface area contributed by atoms with Gasteiger partial charge in [0.25, 0.3) is 0 Å². The molecule has 104 valence electrons. The summed E-state index contributed by atoms with van der Waals surface area (Å²) >= 11 is 0. The van der Waals surface area contributed by atoms with E-state index in [1.807, 2.05) is 0 Å². The van der Waals surface area contributed by atoms with Gasteiger partial charge in [-0.05, 0) is 18.2 Å². The van der Waals surface area contributed by atoms with Gasteiger partial charge in [-0.2, -0.15) is 23.7 Å². The summed E-state index contributed by atoms with van der Waals surface area (Å²) in [5, 5.41) is 26.2. The zero-order valence-corrected chi connectivity index (χ0v) is 9.98. The summed E-state index contributed by atoms with van der Waals surface area (Å²) in [6.45, 7) is -2.33. The van der Waals surface area contributed by atoms with Crippen LogP contribution in [0.2, 0.25) is 0 Å². The number of alkyl halides is 3. The molecule has 0 atom stereocenters. The second-order valence-corrected chi connectivity index (χ2v) is 3.82. The van der Waals surface area contributed by atoms with E-state index in [0.717, 1.165) is 6.07 Å². The molecule has 0 aliphatic heterocycles. The maximum Gasteiger partial charge on any atom is 0.405 e. The number of nitrogens with zero attached hydrogens (tertiary/aromatic N) is 3. The molecule has 0 fully saturated rings. The molecule has 0 spiro atoms. The van der Waals surface area contributed by atoms with Crippen LogP contribution in [0.5, 0.6) is 0 Å². The Labute approximate surface area is 112 Å². The molecule has 0 unspecified atom stereocenters. The van der Waals surface area contributed by atoms with E-state index in [1.54, 1.807) is 12.1 Å². The summed E-state index contributed by atoms with van der Waals surface area (Å²) < 4.78 is 37.3. The Bertz CT molecular complexity index is 599. The van der Waals surface area contributed by atoms with E-state index in [2.05, 4.69) is 0 Å². The van der Waals surface area contributed by atoms with Crippen LogP contribution < -0.4 is 4.90 Å². The van der Waals surface area contributed by atoms with Crippen LogP contribution in [0.15, 0.2) is 18.2 Å². The summed E-state index contributed by atoms with van der Waals surface area (Å²) in [5.74, 6) is -1.43. The first-order valence-corrected chi connectivity index (χ1v) is 5.24. The highest BCUT2D eigenvalue weighted by Crippen LogP contribution is 2.24. The van der Waals surface area contributed by atoms with Crippen LogP contribution in [0.4, 0.5) is 18.9 Å². The predicted octanol–water partition coefficient (Wildman–Crippen LogP) is 1.88. The monoisotopic (exact) mass is 283 g/mol. The maximum absolute atomic E-state index is 12.4. The number of rotatable bonds is 4. The third-order valence-electron chi connectivity index (χ3n) is 2.31. The van der Waals surface area contributed by atoms with Crippen molar-refractivity contribution < 1.29 is 23.1 Å². The second-order valence-electron chi connectivity index (χ2n) is 3.82. The van der Waals surface area contributed by atoms with Gasteiger partial charge in [0.1, 0.15) is 25.2 Å². The molecule has 0 saturated carbocycles. The van der Waals surface area contributed by atoms with Gasteiger partial charge < -0.3 is 10.0 Å². The number of hydrogen-bond donors (Lipinski definition) is 1. The van der Waals surface area contributed by atoms with Crippen molar-refractivity contribution in [3.63, 3.8) is 0 Å². The number of halogens is 3. The van der Waals surface area contributed by atoms with Gasteiger partial charge in [-0.15, -0.1) is 0 Å². The summed E-state index contributed by atoms with van der Waals surface area (Å²) in [7, 11) is 0. The summed E-state index contributed by atoms with van der Waals surface area (Å²) in [6.07, 6.45) is -4.59. The number of carboxylic acids is 1. The second kappa shape index (κ2) is 5.93. The summed E-state index contributed by atoms with van der Waals surface area (Å²) in [5.41, 5.74) is -0.179. The fraction of sp³-hybridized carbons (Fsp3) is 0.250. The molecule has 0 aromatic heterocycles. The first-order valence-electron chi connectivity index (χ1n) is 5.24. The molecule has 5 nitrogen and oxygen atoms in total. The van der Waals surface area contributed by atoms with Crippen LogP contribution >= 0.6 is 0 Å². The number of benzene rings is 1. The number of carbonyl (C=O) groups is 1. The molecule has 0 saturated heterocycles. The highest BCUT2D eigenvalue weighted by atomic mass is 19.4. The van der Waals surface area contributed by atoms with Gasteiger partial charge in [-0.1, -0.05) is 0 Å². The fourth-order valence-corrected chi connectivity index (χ4v) is 1.54. The molecule has 0 amide bonds. The van der Waals surface area contributed by atoms with Crippen molar-refractivity contribution >= 4 is 11.7 Å². The van der Waals surface area contributed by atoms with Crippen LogP contribution in [-0.2, 0) is 4.79 Å². The minimum atomic E-state index is -4.59. The third kappa shape index (κ3) is 4.18. The van der Waals surface area contributed by atoms with E-state index >= 15 is 0 Å².